The molecule has 0 bridgehead atoms. The SMILES string of the molecule is O=C(O)C1CC(Cc2cc(F)ccc2F)C1. The van der Waals surface area contributed by atoms with E-state index in [4.69, 9.17) is 5.11 Å². The van der Waals surface area contributed by atoms with Crippen molar-refractivity contribution in [3.05, 3.63) is 35.4 Å². The lowest BCUT2D eigenvalue weighted by atomic mass is 9.72. The maximum absolute atomic E-state index is 13.3. The molecule has 86 valence electrons. The zero-order valence-electron chi connectivity index (χ0n) is 8.62. The van der Waals surface area contributed by atoms with Crippen molar-refractivity contribution in [1.29, 1.82) is 0 Å². The van der Waals surface area contributed by atoms with Crippen molar-refractivity contribution < 1.29 is 18.7 Å². The van der Waals surface area contributed by atoms with Gasteiger partial charge >= 0.3 is 5.97 Å². The van der Waals surface area contributed by atoms with Crippen molar-refractivity contribution in [2.75, 3.05) is 0 Å². The number of hydrogen-bond donors (Lipinski definition) is 1. The van der Waals surface area contributed by atoms with Crippen molar-refractivity contribution >= 4 is 5.97 Å². The van der Waals surface area contributed by atoms with E-state index in [2.05, 4.69) is 0 Å². The molecule has 0 atom stereocenters. The highest BCUT2D eigenvalue weighted by atomic mass is 19.1. The number of carboxylic acid groups (broad SMARTS) is 1. The molecule has 2 nitrogen and oxygen atoms in total. The van der Waals surface area contributed by atoms with Gasteiger partial charge < -0.3 is 5.11 Å². The standard InChI is InChI=1S/C12H12F2O2/c13-10-1-2-11(14)8(6-10)3-7-4-9(5-7)12(15)16/h1-2,6-7,9H,3-5H2,(H,15,16). The molecule has 0 amide bonds. The normalized spacial score (nSPS) is 23.9. The van der Waals surface area contributed by atoms with E-state index < -0.39 is 17.6 Å². The topological polar surface area (TPSA) is 37.3 Å². The Balaban J connectivity index is 1.96. The molecule has 1 saturated carbocycles. The quantitative estimate of drug-likeness (QED) is 0.860. The maximum atomic E-state index is 13.3. The first-order valence-corrected chi connectivity index (χ1v) is 5.23. The first kappa shape index (κ1) is 11.0. The van der Waals surface area contributed by atoms with Crippen LogP contribution in [-0.2, 0) is 11.2 Å². The molecule has 0 unspecified atom stereocenters. The summed E-state index contributed by atoms with van der Waals surface area (Å²) in [4.78, 5) is 10.6. The van der Waals surface area contributed by atoms with E-state index in [1.807, 2.05) is 0 Å². The molecule has 1 aromatic carbocycles. The molecular formula is C12H12F2O2. The van der Waals surface area contributed by atoms with Gasteiger partial charge in [0.1, 0.15) is 11.6 Å². The lowest BCUT2D eigenvalue weighted by molar-refractivity contribution is -0.146. The van der Waals surface area contributed by atoms with Crippen molar-refractivity contribution in [3.63, 3.8) is 0 Å². The Morgan fingerprint density at radius 2 is 2.06 bits per heavy atom. The Bertz CT molecular complexity index is 411. The van der Waals surface area contributed by atoms with Crippen LogP contribution in [0.5, 0.6) is 0 Å². The molecule has 0 saturated heterocycles. The Morgan fingerprint density at radius 3 is 2.69 bits per heavy atom. The summed E-state index contributed by atoms with van der Waals surface area (Å²) in [7, 11) is 0. The fourth-order valence-electron chi connectivity index (χ4n) is 2.11. The largest absolute Gasteiger partial charge is 0.481 e. The summed E-state index contributed by atoms with van der Waals surface area (Å²) in [5, 5.41) is 8.68. The average molecular weight is 226 g/mol. The number of benzene rings is 1. The molecular weight excluding hydrogens is 214 g/mol. The van der Waals surface area contributed by atoms with Crippen LogP contribution in [0, 0.1) is 23.5 Å². The van der Waals surface area contributed by atoms with Crippen LogP contribution in [0.3, 0.4) is 0 Å². The third-order valence-electron chi connectivity index (χ3n) is 3.10. The van der Waals surface area contributed by atoms with Gasteiger partial charge in [0.05, 0.1) is 5.92 Å². The molecule has 4 heteroatoms. The van der Waals surface area contributed by atoms with Gasteiger partial charge in [-0.25, -0.2) is 8.78 Å². The highest BCUT2D eigenvalue weighted by Gasteiger charge is 2.34. The molecule has 0 aliphatic heterocycles. The van der Waals surface area contributed by atoms with Gasteiger partial charge in [0.25, 0.3) is 0 Å². The predicted molar refractivity (Wildman–Crippen MR) is 53.9 cm³/mol. The monoisotopic (exact) mass is 226 g/mol. The molecule has 0 radical (unpaired) electrons. The van der Waals surface area contributed by atoms with Crippen LogP contribution in [0.15, 0.2) is 18.2 Å². The van der Waals surface area contributed by atoms with Crippen LogP contribution in [0.2, 0.25) is 0 Å². The second-order valence-electron chi connectivity index (χ2n) is 4.31. The van der Waals surface area contributed by atoms with E-state index in [1.54, 1.807) is 0 Å². The van der Waals surface area contributed by atoms with Crippen LogP contribution in [0.25, 0.3) is 0 Å². The summed E-state index contributed by atoms with van der Waals surface area (Å²) in [6.07, 6.45) is 1.55. The molecule has 1 fully saturated rings. The maximum Gasteiger partial charge on any atom is 0.306 e. The summed E-state index contributed by atoms with van der Waals surface area (Å²) < 4.78 is 26.1. The van der Waals surface area contributed by atoms with E-state index in [1.165, 1.54) is 6.07 Å². The van der Waals surface area contributed by atoms with Gasteiger partial charge in [-0.3, -0.25) is 4.79 Å². The third kappa shape index (κ3) is 2.21. The van der Waals surface area contributed by atoms with E-state index in [-0.39, 0.29) is 11.8 Å². The van der Waals surface area contributed by atoms with E-state index in [0.717, 1.165) is 12.1 Å². The van der Waals surface area contributed by atoms with Gasteiger partial charge in [-0.15, -0.1) is 0 Å². The summed E-state index contributed by atoms with van der Waals surface area (Å²) >= 11 is 0. The van der Waals surface area contributed by atoms with Gasteiger partial charge in [-0.2, -0.15) is 0 Å². The number of halogens is 2. The third-order valence-corrected chi connectivity index (χ3v) is 3.10. The molecule has 1 aliphatic rings. The molecule has 0 spiro atoms. The highest BCUT2D eigenvalue weighted by molar-refractivity contribution is 5.71. The number of hydrogen-bond acceptors (Lipinski definition) is 1. The Morgan fingerprint density at radius 1 is 1.38 bits per heavy atom. The van der Waals surface area contributed by atoms with Crippen molar-refractivity contribution in [3.8, 4) is 0 Å². The van der Waals surface area contributed by atoms with Crippen LogP contribution in [0.1, 0.15) is 18.4 Å². The predicted octanol–water partition coefficient (Wildman–Crippen LogP) is 2.62. The molecule has 0 heterocycles. The van der Waals surface area contributed by atoms with Crippen LogP contribution < -0.4 is 0 Å². The van der Waals surface area contributed by atoms with Crippen LogP contribution in [0.4, 0.5) is 8.78 Å². The van der Waals surface area contributed by atoms with E-state index in [0.29, 0.717) is 24.8 Å². The Labute approximate surface area is 91.9 Å². The number of carbonyl (C=O) groups is 1. The second-order valence-corrected chi connectivity index (χ2v) is 4.31. The highest BCUT2D eigenvalue weighted by Crippen LogP contribution is 2.36. The molecule has 0 aromatic heterocycles. The Hall–Kier alpha value is -1.45. The van der Waals surface area contributed by atoms with Crippen LogP contribution >= 0.6 is 0 Å². The molecule has 16 heavy (non-hydrogen) atoms. The average Bonchev–Trinajstić information content (AvgIpc) is 2.15. The van der Waals surface area contributed by atoms with Gasteiger partial charge in [0, 0.05) is 0 Å². The summed E-state index contributed by atoms with van der Waals surface area (Å²) in [6, 6.07) is 3.38. The summed E-state index contributed by atoms with van der Waals surface area (Å²) in [6.45, 7) is 0. The van der Waals surface area contributed by atoms with E-state index >= 15 is 0 Å². The minimum absolute atomic E-state index is 0.164. The fourth-order valence-corrected chi connectivity index (χ4v) is 2.11. The van der Waals surface area contributed by atoms with Gasteiger partial charge in [0.2, 0.25) is 0 Å². The molecule has 1 N–H and O–H groups in total. The van der Waals surface area contributed by atoms with Crippen molar-refractivity contribution in [1.82, 2.24) is 0 Å². The molecule has 2 rings (SSSR count). The molecule has 1 aromatic rings. The molecule has 1 aliphatic carbocycles. The number of carboxylic acids is 1. The van der Waals surface area contributed by atoms with Gasteiger partial charge in [-0.05, 0) is 48.9 Å². The van der Waals surface area contributed by atoms with Crippen molar-refractivity contribution in [2.24, 2.45) is 11.8 Å². The summed E-state index contributed by atoms with van der Waals surface area (Å²) in [5.41, 5.74) is 0.342. The number of aliphatic carboxylic acids is 1. The number of rotatable bonds is 3. The van der Waals surface area contributed by atoms with Crippen LogP contribution in [-0.4, -0.2) is 11.1 Å². The zero-order chi connectivity index (χ0) is 11.7. The van der Waals surface area contributed by atoms with Gasteiger partial charge in [-0.1, -0.05) is 0 Å². The van der Waals surface area contributed by atoms with E-state index in [9.17, 15) is 13.6 Å². The lowest BCUT2D eigenvalue weighted by Gasteiger charge is -2.32. The fraction of sp³-hybridized carbons (Fsp3) is 0.417. The van der Waals surface area contributed by atoms with Gasteiger partial charge in [0.15, 0.2) is 0 Å². The first-order valence-electron chi connectivity index (χ1n) is 5.23. The zero-order valence-corrected chi connectivity index (χ0v) is 8.62. The first-order chi connectivity index (χ1) is 7.56. The summed E-state index contributed by atoms with van der Waals surface area (Å²) in [5.74, 6) is -1.80. The minimum Gasteiger partial charge on any atom is -0.481 e. The minimum atomic E-state index is -0.795. The Kier molecular flexibility index (Phi) is 2.90. The lowest BCUT2D eigenvalue weighted by Crippen LogP contribution is -2.31. The van der Waals surface area contributed by atoms with Crippen molar-refractivity contribution in [2.45, 2.75) is 19.3 Å². The second kappa shape index (κ2) is 4.20. The smallest absolute Gasteiger partial charge is 0.306 e.